The minimum Gasteiger partial charge on any atom is -0.462 e. The zero-order chi connectivity index (χ0) is 44.4. The zero-order valence-corrected chi connectivity index (χ0v) is 40.7. The van der Waals surface area contributed by atoms with Crippen LogP contribution < -0.4 is 0 Å². The molecule has 6 heteroatoms. The first kappa shape index (κ1) is 58.6. The molecule has 6 nitrogen and oxygen atoms in total. The number of ether oxygens (including phenoxy) is 3. The van der Waals surface area contributed by atoms with E-state index < -0.39 is 6.10 Å². The molecule has 0 aliphatic heterocycles. The molecule has 0 aromatic carbocycles. The van der Waals surface area contributed by atoms with Crippen molar-refractivity contribution in [1.82, 2.24) is 0 Å². The first-order valence-corrected chi connectivity index (χ1v) is 26.5. The SMILES string of the molecule is CC/C=C\C/C=C\C/C=C\CCCCCCCC(=O)O[C@H](COC(=O)CCCCCCCCCCCCCC)COC(=O)CCCCCCCCCCCCCCCCCC. The lowest BCUT2D eigenvalue weighted by Gasteiger charge is -2.18. The molecule has 0 N–H and O–H groups in total. The standard InChI is InChI=1S/C55H100O6/c1-4-7-10-13-16-19-22-25-27-29-30-33-36-39-42-45-48-54(57)60-51-52(50-59-53(56)47-44-41-38-35-32-24-21-18-15-12-9-6-3)61-55(58)49-46-43-40-37-34-31-28-26-23-20-17-14-11-8-5-2/h8,11,17,20,26,28,52H,4-7,9-10,12-16,18-19,21-25,27,29-51H2,1-3H3/b11-8-,20-17-,28-26-/t52-/m1/s1. The predicted molar refractivity (Wildman–Crippen MR) is 261 cm³/mol. The molecule has 0 unspecified atom stereocenters. The molecule has 0 spiro atoms. The van der Waals surface area contributed by atoms with E-state index in [1.807, 2.05) is 0 Å². The van der Waals surface area contributed by atoms with Crippen LogP contribution in [0.1, 0.15) is 278 Å². The summed E-state index contributed by atoms with van der Waals surface area (Å²) in [5, 5.41) is 0. The van der Waals surface area contributed by atoms with Gasteiger partial charge in [-0.15, -0.1) is 0 Å². The molecule has 0 heterocycles. The second-order valence-corrected chi connectivity index (χ2v) is 17.8. The molecule has 0 aliphatic rings. The minimum atomic E-state index is -0.775. The molecule has 0 radical (unpaired) electrons. The van der Waals surface area contributed by atoms with Crippen molar-refractivity contribution < 1.29 is 28.6 Å². The first-order chi connectivity index (χ1) is 30.0. The van der Waals surface area contributed by atoms with E-state index in [2.05, 4.69) is 57.2 Å². The average Bonchev–Trinajstić information content (AvgIpc) is 3.26. The average molecular weight is 857 g/mol. The van der Waals surface area contributed by atoms with E-state index in [1.165, 1.54) is 141 Å². The van der Waals surface area contributed by atoms with Crippen molar-refractivity contribution in [2.75, 3.05) is 13.2 Å². The second kappa shape index (κ2) is 50.3. The molecule has 0 bridgehead atoms. The fourth-order valence-electron chi connectivity index (χ4n) is 7.69. The smallest absolute Gasteiger partial charge is 0.306 e. The van der Waals surface area contributed by atoms with Gasteiger partial charge in [0.25, 0.3) is 0 Å². The molecule has 0 aliphatic carbocycles. The maximum absolute atomic E-state index is 12.8. The van der Waals surface area contributed by atoms with Crippen molar-refractivity contribution in [3.8, 4) is 0 Å². The van der Waals surface area contributed by atoms with Crippen molar-refractivity contribution in [3.63, 3.8) is 0 Å². The number of carbonyl (C=O) groups excluding carboxylic acids is 3. The lowest BCUT2D eigenvalue weighted by atomic mass is 10.0. The van der Waals surface area contributed by atoms with E-state index in [1.54, 1.807) is 0 Å². The van der Waals surface area contributed by atoms with E-state index in [4.69, 9.17) is 14.2 Å². The highest BCUT2D eigenvalue weighted by molar-refractivity contribution is 5.71. The maximum Gasteiger partial charge on any atom is 0.306 e. The molecule has 0 fully saturated rings. The fraction of sp³-hybridized carbons (Fsp3) is 0.836. The monoisotopic (exact) mass is 857 g/mol. The molecule has 356 valence electrons. The largest absolute Gasteiger partial charge is 0.462 e. The Bertz CT molecular complexity index is 1030. The summed E-state index contributed by atoms with van der Waals surface area (Å²) in [5.74, 6) is -0.879. The summed E-state index contributed by atoms with van der Waals surface area (Å²) in [6, 6.07) is 0. The van der Waals surface area contributed by atoms with Crippen molar-refractivity contribution in [2.24, 2.45) is 0 Å². The van der Waals surface area contributed by atoms with Gasteiger partial charge in [-0.3, -0.25) is 14.4 Å². The van der Waals surface area contributed by atoms with Gasteiger partial charge in [0.15, 0.2) is 6.10 Å². The third-order valence-corrected chi connectivity index (χ3v) is 11.7. The Hall–Kier alpha value is -2.37. The Morgan fingerprint density at radius 2 is 0.639 bits per heavy atom. The molecule has 0 rings (SSSR count). The number of esters is 3. The molecule has 0 aromatic heterocycles. The molecule has 0 amide bonds. The molecule has 61 heavy (non-hydrogen) atoms. The number of allylic oxidation sites excluding steroid dienone is 6. The third-order valence-electron chi connectivity index (χ3n) is 11.7. The van der Waals surface area contributed by atoms with Crippen molar-refractivity contribution in [2.45, 2.75) is 284 Å². The topological polar surface area (TPSA) is 78.9 Å². The first-order valence-electron chi connectivity index (χ1n) is 26.5. The summed E-state index contributed by atoms with van der Waals surface area (Å²) in [6.45, 7) is 6.54. The van der Waals surface area contributed by atoms with Crippen LogP contribution in [0.25, 0.3) is 0 Å². The summed E-state index contributed by atoms with van der Waals surface area (Å²) in [6.07, 6.45) is 58.4. The lowest BCUT2D eigenvalue weighted by Crippen LogP contribution is -2.30. The number of unbranched alkanes of at least 4 members (excludes halogenated alkanes) is 31. The summed E-state index contributed by atoms with van der Waals surface area (Å²) in [4.78, 5) is 38.0. The van der Waals surface area contributed by atoms with E-state index >= 15 is 0 Å². The third kappa shape index (κ3) is 48.5. The van der Waals surface area contributed by atoms with E-state index in [0.29, 0.717) is 19.3 Å². The molecule has 0 aromatic rings. The van der Waals surface area contributed by atoms with Crippen LogP contribution in [0.2, 0.25) is 0 Å². The number of hydrogen-bond acceptors (Lipinski definition) is 6. The van der Waals surface area contributed by atoms with Gasteiger partial charge >= 0.3 is 17.9 Å². The molecule has 0 saturated heterocycles. The van der Waals surface area contributed by atoms with Crippen LogP contribution in [0.5, 0.6) is 0 Å². The highest BCUT2D eigenvalue weighted by Crippen LogP contribution is 2.16. The molecular formula is C55H100O6. The summed E-state index contributed by atoms with van der Waals surface area (Å²) in [5.41, 5.74) is 0. The van der Waals surface area contributed by atoms with Gasteiger partial charge in [-0.25, -0.2) is 0 Å². The lowest BCUT2D eigenvalue weighted by molar-refractivity contribution is -0.167. The Labute approximate surface area is 378 Å². The van der Waals surface area contributed by atoms with Crippen LogP contribution in [0.3, 0.4) is 0 Å². The fourth-order valence-corrected chi connectivity index (χ4v) is 7.69. The van der Waals surface area contributed by atoms with Gasteiger partial charge < -0.3 is 14.2 Å². The van der Waals surface area contributed by atoms with Crippen LogP contribution in [0, 0.1) is 0 Å². The zero-order valence-electron chi connectivity index (χ0n) is 40.7. The normalized spacial score (nSPS) is 12.2. The Morgan fingerprint density at radius 1 is 0.344 bits per heavy atom. The van der Waals surface area contributed by atoms with Crippen LogP contribution in [0.4, 0.5) is 0 Å². The number of carbonyl (C=O) groups is 3. The Morgan fingerprint density at radius 3 is 1.00 bits per heavy atom. The van der Waals surface area contributed by atoms with E-state index in [-0.39, 0.29) is 31.1 Å². The van der Waals surface area contributed by atoms with E-state index in [9.17, 15) is 14.4 Å². The van der Waals surface area contributed by atoms with Crippen LogP contribution in [0.15, 0.2) is 36.5 Å². The van der Waals surface area contributed by atoms with Crippen LogP contribution >= 0.6 is 0 Å². The van der Waals surface area contributed by atoms with Gasteiger partial charge in [0.05, 0.1) is 0 Å². The molecular weight excluding hydrogens is 757 g/mol. The van der Waals surface area contributed by atoms with E-state index in [0.717, 1.165) is 96.3 Å². The highest BCUT2D eigenvalue weighted by atomic mass is 16.6. The Kier molecular flexibility index (Phi) is 48.3. The van der Waals surface area contributed by atoms with Crippen molar-refractivity contribution >= 4 is 17.9 Å². The maximum atomic E-state index is 12.8. The summed E-state index contributed by atoms with van der Waals surface area (Å²) in [7, 11) is 0. The van der Waals surface area contributed by atoms with Gasteiger partial charge in [-0.2, -0.15) is 0 Å². The number of rotatable bonds is 48. The molecule has 0 saturated carbocycles. The summed E-state index contributed by atoms with van der Waals surface area (Å²) >= 11 is 0. The van der Waals surface area contributed by atoms with Gasteiger partial charge in [-0.05, 0) is 51.4 Å². The van der Waals surface area contributed by atoms with Crippen LogP contribution in [-0.4, -0.2) is 37.2 Å². The minimum absolute atomic E-state index is 0.0749. The predicted octanol–water partition coefficient (Wildman–Crippen LogP) is 17.3. The van der Waals surface area contributed by atoms with Gasteiger partial charge in [0, 0.05) is 19.3 Å². The summed E-state index contributed by atoms with van der Waals surface area (Å²) < 4.78 is 16.8. The van der Waals surface area contributed by atoms with Gasteiger partial charge in [0.1, 0.15) is 13.2 Å². The molecule has 1 atom stereocenters. The van der Waals surface area contributed by atoms with Crippen molar-refractivity contribution in [3.05, 3.63) is 36.5 Å². The van der Waals surface area contributed by atoms with Crippen molar-refractivity contribution in [1.29, 1.82) is 0 Å². The highest BCUT2D eigenvalue weighted by Gasteiger charge is 2.19. The Balaban J connectivity index is 4.35. The second-order valence-electron chi connectivity index (χ2n) is 17.8. The quantitative estimate of drug-likeness (QED) is 0.0262. The van der Waals surface area contributed by atoms with Crippen LogP contribution in [-0.2, 0) is 28.6 Å². The van der Waals surface area contributed by atoms with Gasteiger partial charge in [-0.1, -0.05) is 243 Å². The number of hydrogen-bond donors (Lipinski definition) is 0. The van der Waals surface area contributed by atoms with Gasteiger partial charge in [0.2, 0.25) is 0 Å².